The van der Waals surface area contributed by atoms with Gasteiger partial charge in [-0.3, -0.25) is 9.13 Å². The number of hydrogen-bond donors (Lipinski definition) is 2. The first-order chi connectivity index (χ1) is 9.21. The Labute approximate surface area is 125 Å². The summed E-state index contributed by atoms with van der Waals surface area (Å²) >= 11 is 11.0. The van der Waals surface area contributed by atoms with Crippen LogP contribution in [0.25, 0.3) is 11.1 Å². The fourth-order valence-electron chi connectivity index (χ4n) is 1.89. The first kappa shape index (κ1) is 15.8. The van der Waals surface area contributed by atoms with Crippen molar-refractivity contribution < 1.29 is 18.9 Å². The first-order valence-electron chi connectivity index (χ1n) is 5.46. The fourth-order valence-corrected chi connectivity index (χ4v) is 5.54. The lowest BCUT2D eigenvalue weighted by Crippen LogP contribution is -2.24. The third kappa shape index (κ3) is 3.35. The maximum absolute atomic E-state index is 11.9. The van der Waals surface area contributed by atoms with Crippen LogP contribution < -0.4 is 10.6 Å². The average molecular weight is 351 g/mol. The molecular formula is C12H10Cl2O4P2. The van der Waals surface area contributed by atoms with Crippen molar-refractivity contribution in [3.05, 3.63) is 48.5 Å². The van der Waals surface area contributed by atoms with Gasteiger partial charge in [-0.2, -0.15) is 0 Å². The molecule has 0 radical (unpaired) electrons. The molecule has 0 heterocycles. The van der Waals surface area contributed by atoms with E-state index >= 15 is 0 Å². The molecule has 0 spiro atoms. The molecule has 106 valence electrons. The molecule has 2 unspecified atom stereocenters. The first-order valence-corrected chi connectivity index (χ1v) is 10.6. The normalized spacial score (nSPS) is 17.2. The molecule has 0 fully saturated rings. The highest BCUT2D eigenvalue weighted by molar-refractivity contribution is 7.95. The van der Waals surface area contributed by atoms with Gasteiger partial charge in [0.2, 0.25) is 0 Å². The lowest BCUT2D eigenvalue weighted by molar-refractivity contribution is 0.502. The molecule has 2 aromatic carbocycles. The standard InChI is InChI=1S/C12H10Cl2O4P2/c13-19(15,16)11-8-4-7-10(12(11)20(14,17)18)9-5-2-1-3-6-9/h1-8H,(H,15,16)(H,17,18). The van der Waals surface area contributed by atoms with Crippen LogP contribution in [0, 0.1) is 0 Å². The molecule has 8 heteroatoms. The van der Waals surface area contributed by atoms with Gasteiger partial charge >= 0.3 is 13.4 Å². The molecule has 2 N–H and O–H groups in total. The molecule has 0 amide bonds. The highest BCUT2D eigenvalue weighted by Gasteiger charge is 2.33. The minimum absolute atomic E-state index is 0.297. The van der Waals surface area contributed by atoms with Gasteiger partial charge in [-0.1, -0.05) is 42.5 Å². The zero-order valence-electron chi connectivity index (χ0n) is 9.98. The van der Waals surface area contributed by atoms with Crippen molar-refractivity contribution in [1.82, 2.24) is 0 Å². The molecule has 4 nitrogen and oxygen atoms in total. The highest BCUT2D eigenvalue weighted by Crippen LogP contribution is 2.52. The Bertz CT molecular complexity index is 721. The van der Waals surface area contributed by atoms with Crippen LogP contribution >= 0.6 is 35.9 Å². The van der Waals surface area contributed by atoms with Gasteiger partial charge in [0.05, 0.1) is 10.6 Å². The van der Waals surface area contributed by atoms with Crippen molar-refractivity contribution in [2.24, 2.45) is 0 Å². The quantitative estimate of drug-likeness (QED) is 0.831. The zero-order valence-corrected chi connectivity index (χ0v) is 13.3. The van der Waals surface area contributed by atoms with E-state index in [4.69, 9.17) is 22.5 Å². The Kier molecular flexibility index (Phi) is 4.46. The summed E-state index contributed by atoms with van der Waals surface area (Å²) in [6.45, 7) is -8.54. The van der Waals surface area contributed by atoms with Gasteiger partial charge < -0.3 is 9.79 Å². The lowest BCUT2D eigenvalue weighted by Gasteiger charge is -2.16. The third-order valence-electron chi connectivity index (χ3n) is 2.67. The SMILES string of the molecule is O=P(O)(Cl)c1cccc(-c2ccccc2)c1P(=O)(O)Cl. The predicted molar refractivity (Wildman–Crippen MR) is 82.5 cm³/mol. The summed E-state index contributed by atoms with van der Waals surface area (Å²) in [5.41, 5.74) is 0.906. The van der Waals surface area contributed by atoms with Crippen molar-refractivity contribution >= 4 is 46.5 Å². The molecule has 0 aromatic heterocycles. The van der Waals surface area contributed by atoms with Crippen molar-refractivity contribution in [3.63, 3.8) is 0 Å². The van der Waals surface area contributed by atoms with E-state index in [1.165, 1.54) is 12.1 Å². The zero-order chi connectivity index (χ0) is 15.0. The van der Waals surface area contributed by atoms with E-state index < -0.39 is 13.4 Å². The van der Waals surface area contributed by atoms with E-state index in [-0.39, 0.29) is 10.6 Å². The van der Waals surface area contributed by atoms with E-state index in [9.17, 15) is 18.9 Å². The summed E-state index contributed by atoms with van der Waals surface area (Å²) in [6.07, 6.45) is 0. The number of rotatable bonds is 3. The summed E-state index contributed by atoms with van der Waals surface area (Å²) in [4.78, 5) is 19.2. The van der Waals surface area contributed by atoms with Gasteiger partial charge in [-0.05, 0) is 39.7 Å². The Balaban J connectivity index is 2.84. The van der Waals surface area contributed by atoms with Crippen LogP contribution in [0.1, 0.15) is 0 Å². The number of benzene rings is 2. The maximum atomic E-state index is 11.9. The van der Waals surface area contributed by atoms with E-state index in [0.717, 1.165) is 0 Å². The van der Waals surface area contributed by atoms with E-state index in [0.29, 0.717) is 11.1 Å². The van der Waals surface area contributed by atoms with Crippen LogP contribution in [0.4, 0.5) is 0 Å². The van der Waals surface area contributed by atoms with Gasteiger partial charge in [-0.25, -0.2) is 0 Å². The molecule has 2 aromatic rings. The highest BCUT2D eigenvalue weighted by atomic mass is 35.7. The molecule has 2 atom stereocenters. The topological polar surface area (TPSA) is 74.6 Å². The van der Waals surface area contributed by atoms with Gasteiger partial charge in [0.25, 0.3) is 0 Å². The molecule has 0 saturated carbocycles. The monoisotopic (exact) mass is 350 g/mol. The second-order valence-electron chi connectivity index (χ2n) is 4.04. The average Bonchev–Trinajstić information content (AvgIpc) is 2.37. The largest absolute Gasteiger partial charge is 0.330 e. The molecule has 0 bridgehead atoms. The van der Waals surface area contributed by atoms with Gasteiger partial charge in [0.15, 0.2) is 0 Å². The summed E-state index contributed by atoms with van der Waals surface area (Å²) in [6, 6.07) is 12.9. The van der Waals surface area contributed by atoms with E-state index in [1.54, 1.807) is 36.4 Å². The number of hydrogen-bond acceptors (Lipinski definition) is 2. The third-order valence-corrected chi connectivity index (χ3v) is 5.90. The van der Waals surface area contributed by atoms with Crippen LogP contribution in [0.3, 0.4) is 0 Å². The van der Waals surface area contributed by atoms with Crippen molar-refractivity contribution in [3.8, 4) is 11.1 Å². The molecule has 0 aliphatic carbocycles. The second-order valence-corrected chi connectivity index (χ2v) is 9.73. The smallest absolute Gasteiger partial charge is 0.318 e. The Hall–Kier alpha value is -0.600. The second kappa shape index (κ2) is 5.65. The van der Waals surface area contributed by atoms with Crippen LogP contribution in [0.2, 0.25) is 0 Å². The lowest BCUT2D eigenvalue weighted by atomic mass is 10.1. The Morgan fingerprint density at radius 1 is 0.800 bits per heavy atom. The maximum Gasteiger partial charge on any atom is 0.318 e. The van der Waals surface area contributed by atoms with Crippen molar-refractivity contribution in [2.75, 3.05) is 0 Å². The predicted octanol–water partition coefficient (Wildman–Crippen LogP) is 3.45. The number of halogens is 2. The molecule has 20 heavy (non-hydrogen) atoms. The van der Waals surface area contributed by atoms with Crippen molar-refractivity contribution in [1.29, 1.82) is 0 Å². The van der Waals surface area contributed by atoms with E-state index in [1.807, 2.05) is 0 Å². The van der Waals surface area contributed by atoms with Crippen LogP contribution in [0.5, 0.6) is 0 Å². The van der Waals surface area contributed by atoms with Crippen LogP contribution in [-0.2, 0) is 9.13 Å². The molecular weight excluding hydrogens is 341 g/mol. The van der Waals surface area contributed by atoms with E-state index in [2.05, 4.69) is 0 Å². The molecule has 0 aliphatic heterocycles. The summed E-state index contributed by atoms with van der Waals surface area (Å²) < 4.78 is 23.6. The van der Waals surface area contributed by atoms with Crippen LogP contribution in [-0.4, -0.2) is 9.79 Å². The molecule has 2 rings (SSSR count). The molecule has 0 saturated heterocycles. The molecule has 0 aliphatic rings. The summed E-state index contributed by atoms with van der Waals surface area (Å²) in [5.74, 6) is 0. The summed E-state index contributed by atoms with van der Waals surface area (Å²) in [5, 5.41) is -0.616. The van der Waals surface area contributed by atoms with Gasteiger partial charge in [0, 0.05) is 0 Å². The van der Waals surface area contributed by atoms with Crippen molar-refractivity contribution in [2.45, 2.75) is 0 Å². The minimum atomic E-state index is -4.30. The Morgan fingerprint density at radius 2 is 1.40 bits per heavy atom. The fraction of sp³-hybridized carbons (Fsp3) is 0. The minimum Gasteiger partial charge on any atom is -0.330 e. The Morgan fingerprint density at radius 3 is 1.90 bits per heavy atom. The summed E-state index contributed by atoms with van der Waals surface area (Å²) in [7, 11) is 0. The van der Waals surface area contributed by atoms with Crippen LogP contribution in [0.15, 0.2) is 48.5 Å². The van der Waals surface area contributed by atoms with Gasteiger partial charge in [0.1, 0.15) is 0 Å². The van der Waals surface area contributed by atoms with Gasteiger partial charge in [-0.15, -0.1) is 0 Å².